The summed E-state index contributed by atoms with van der Waals surface area (Å²) in [7, 11) is -3.51. The molecule has 1 unspecified atom stereocenters. The number of aromatic amines is 1. The van der Waals surface area contributed by atoms with Gasteiger partial charge in [0, 0.05) is 12.6 Å². The van der Waals surface area contributed by atoms with Crippen LogP contribution >= 0.6 is 0 Å². The standard InChI is InChI=1S/C13H23N3O3S/c1-4-13(5-2)8-11(6-7-19-13)16-20(17,18)12-9-14-15-10(12)3/h9,11,16H,4-8H2,1-3H3,(H,14,15). The zero-order chi connectivity index (χ0) is 14.8. The van der Waals surface area contributed by atoms with E-state index in [1.807, 2.05) is 0 Å². The predicted octanol–water partition coefficient (Wildman–Crippen LogP) is 1.73. The van der Waals surface area contributed by atoms with Crippen LogP contribution in [-0.2, 0) is 14.8 Å². The molecule has 0 bridgehead atoms. The van der Waals surface area contributed by atoms with Gasteiger partial charge in [-0.15, -0.1) is 0 Å². The second-order valence-electron chi connectivity index (χ2n) is 5.41. The molecule has 1 aliphatic heterocycles. The van der Waals surface area contributed by atoms with E-state index in [1.165, 1.54) is 6.20 Å². The number of rotatable bonds is 5. The quantitative estimate of drug-likeness (QED) is 0.867. The average Bonchev–Trinajstić information content (AvgIpc) is 2.85. The third-order valence-electron chi connectivity index (χ3n) is 4.18. The second kappa shape index (κ2) is 5.83. The fourth-order valence-corrected chi connectivity index (χ4v) is 4.17. The maximum absolute atomic E-state index is 12.4. The second-order valence-corrected chi connectivity index (χ2v) is 7.09. The molecule has 2 N–H and O–H groups in total. The summed E-state index contributed by atoms with van der Waals surface area (Å²) >= 11 is 0. The third kappa shape index (κ3) is 3.05. The van der Waals surface area contributed by atoms with Crippen molar-refractivity contribution in [1.82, 2.24) is 14.9 Å². The molecule has 0 aromatic carbocycles. The fourth-order valence-electron chi connectivity index (χ4n) is 2.76. The molecule has 1 atom stereocenters. The Kier molecular flexibility index (Phi) is 4.51. The maximum atomic E-state index is 12.4. The van der Waals surface area contributed by atoms with E-state index >= 15 is 0 Å². The van der Waals surface area contributed by atoms with Gasteiger partial charge in [0.05, 0.1) is 17.5 Å². The molecule has 2 heterocycles. The van der Waals surface area contributed by atoms with Crippen molar-refractivity contribution in [1.29, 1.82) is 0 Å². The molecular formula is C13H23N3O3S. The van der Waals surface area contributed by atoms with Crippen LogP contribution in [0.25, 0.3) is 0 Å². The van der Waals surface area contributed by atoms with E-state index in [0.717, 1.165) is 19.3 Å². The molecule has 0 saturated carbocycles. The van der Waals surface area contributed by atoms with Crippen LogP contribution in [-0.4, -0.2) is 36.9 Å². The Bertz CT molecular complexity index is 549. The summed E-state index contributed by atoms with van der Waals surface area (Å²) in [4.78, 5) is 0.225. The van der Waals surface area contributed by atoms with Gasteiger partial charge in [-0.3, -0.25) is 5.10 Å². The van der Waals surface area contributed by atoms with Crippen molar-refractivity contribution in [2.24, 2.45) is 0 Å². The van der Waals surface area contributed by atoms with Crippen LogP contribution in [0.3, 0.4) is 0 Å². The third-order valence-corrected chi connectivity index (χ3v) is 5.81. The number of aromatic nitrogens is 2. The number of aryl methyl sites for hydroxylation is 1. The number of nitrogens with one attached hydrogen (secondary N) is 2. The largest absolute Gasteiger partial charge is 0.375 e. The minimum atomic E-state index is -3.51. The topological polar surface area (TPSA) is 84.1 Å². The molecule has 1 aromatic rings. The molecular weight excluding hydrogens is 278 g/mol. The number of hydrogen-bond acceptors (Lipinski definition) is 4. The van der Waals surface area contributed by atoms with Gasteiger partial charge >= 0.3 is 0 Å². The number of nitrogens with zero attached hydrogens (tertiary/aromatic N) is 1. The first-order valence-corrected chi connectivity index (χ1v) is 8.57. The summed E-state index contributed by atoms with van der Waals surface area (Å²) in [6, 6.07) is -0.0806. The van der Waals surface area contributed by atoms with Crippen molar-refractivity contribution < 1.29 is 13.2 Å². The van der Waals surface area contributed by atoms with Crippen molar-refractivity contribution in [2.45, 2.75) is 63.0 Å². The van der Waals surface area contributed by atoms with Crippen LogP contribution in [0.15, 0.2) is 11.1 Å². The zero-order valence-electron chi connectivity index (χ0n) is 12.3. The number of hydrogen-bond donors (Lipinski definition) is 2. The van der Waals surface area contributed by atoms with Gasteiger partial charge in [0.15, 0.2) is 0 Å². The van der Waals surface area contributed by atoms with Gasteiger partial charge in [-0.1, -0.05) is 13.8 Å². The lowest BCUT2D eigenvalue weighted by atomic mass is 9.86. The van der Waals surface area contributed by atoms with Crippen LogP contribution in [0.5, 0.6) is 0 Å². The van der Waals surface area contributed by atoms with Gasteiger partial charge in [-0.2, -0.15) is 5.10 Å². The normalized spacial score (nSPS) is 22.9. The van der Waals surface area contributed by atoms with E-state index in [2.05, 4.69) is 28.8 Å². The van der Waals surface area contributed by atoms with Crippen molar-refractivity contribution >= 4 is 10.0 Å². The predicted molar refractivity (Wildman–Crippen MR) is 75.9 cm³/mol. The van der Waals surface area contributed by atoms with Crippen molar-refractivity contribution in [3.63, 3.8) is 0 Å². The SMILES string of the molecule is CCC1(CC)CC(NS(=O)(=O)c2cn[nH]c2C)CCO1. The van der Waals surface area contributed by atoms with E-state index in [1.54, 1.807) is 6.92 Å². The van der Waals surface area contributed by atoms with Crippen molar-refractivity contribution in [3.8, 4) is 0 Å². The highest BCUT2D eigenvalue weighted by Crippen LogP contribution is 2.32. The molecule has 0 radical (unpaired) electrons. The summed E-state index contributed by atoms with van der Waals surface area (Å²) in [5, 5.41) is 6.43. The molecule has 1 saturated heterocycles. The number of H-pyrrole nitrogens is 1. The monoisotopic (exact) mass is 301 g/mol. The van der Waals surface area contributed by atoms with E-state index in [-0.39, 0.29) is 16.5 Å². The van der Waals surface area contributed by atoms with Crippen LogP contribution in [0.1, 0.15) is 45.2 Å². The van der Waals surface area contributed by atoms with Crippen molar-refractivity contribution in [2.75, 3.05) is 6.61 Å². The molecule has 20 heavy (non-hydrogen) atoms. The lowest BCUT2D eigenvalue weighted by Gasteiger charge is -2.40. The fraction of sp³-hybridized carbons (Fsp3) is 0.769. The van der Waals surface area contributed by atoms with Gasteiger partial charge in [-0.25, -0.2) is 13.1 Å². The Balaban J connectivity index is 2.12. The minimum Gasteiger partial charge on any atom is -0.375 e. The highest BCUT2D eigenvalue weighted by atomic mass is 32.2. The Morgan fingerprint density at radius 3 is 2.75 bits per heavy atom. The minimum absolute atomic E-state index is 0.0806. The molecule has 0 spiro atoms. The molecule has 1 fully saturated rings. The van der Waals surface area contributed by atoms with E-state index in [9.17, 15) is 8.42 Å². The van der Waals surface area contributed by atoms with Gasteiger partial charge in [0.2, 0.25) is 10.0 Å². The van der Waals surface area contributed by atoms with Crippen LogP contribution < -0.4 is 4.72 Å². The first-order valence-electron chi connectivity index (χ1n) is 7.08. The molecule has 6 nitrogen and oxygen atoms in total. The summed E-state index contributed by atoms with van der Waals surface area (Å²) in [6.45, 7) is 6.47. The first-order chi connectivity index (χ1) is 9.42. The highest BCUT2D eigenvalue weighted by Gasteiger charge is 2.36. The lowest BCUT2D eigenvalue weighted by molar-refractivity contribution is -0.0905. The molecule has 0 amide bonds. The summed E-state index contributed by atoms with van der Waals surface area (Å²) in [6.07, 6.45) is 4.57. The van der Waals surface area contributed by atoms with Crippen LogP contribution in [0.4, 0.5) is 0 Å². The summed E-state index contributed by atoms with van der Waals surface area (Å²) < 4.78 is 33.4. The average molecular weight is 301 g/mol. The van der Waals surface area contributed by atoms with Crippen molar-refractivity contribution in [3.05, 3.63) is 11.9 Å². The molecule has 0 aliphatic carbocycles. The van der Waals surface area contributed by atoms with Crippen LogP contribution in [0, 0.1) is 6.92 Å². The molecule has 114 valence electrons. The highest BCUT2D eigenvalue weighted by molar-refractivity contribution is 7.89. The Hall–Kier alpha value is -0.920. The van der Waals surface area contributed by atoms with Gasteiger partial charge < -0.3 is 4.74 Å². The maximum Gasteiger partial charge on any atom is 0.244 e. The first kappa shape index (κ1) is 15.5. The van der Waals surface area contributed by atoms with Gasteiger partial charge in [0.25, 0.3) is 0 Å². The molecule has 2 rings (SSSR count). The lowest BCUT2D eigenvalue weighted by Crippen LogP contribution is -2.48. The Morgan fingerprint density at radius 1 is 1.50 bits per heavy atom. The van der Waals surface area contributed by atoms with Gasteiger partial charge in [-0.05, 0) is 32.6 Å². The summed E-state index contributed by atoms with van der Waals surface area (Å²) in [5.74, 6) is 0. The van der Waals surface area contributed by atoms with Crippen LogP contribution in [0.2, 0.25) is 0 Å². The van der Waals surface area contributed by atoms with E-state index in [4.69, 9.17) is 4.74 Å². The molecule has 1 aromatic heterocycles. The zero-order valence-corrected chi connectivity index (χ0v) is 13.1. The summed E-state index contributed by atoms with van der Waals surface area (Å²) in [5.41, 5.74) is 0.360. The van der Waals surface area contributed by atoms with Gasteiger partial charge in [0.1, 0.15) is 4.90 Å². The Labute approximate surface area is 120 Å². The van der Waals surface area contributed by atoms with E-state index < -0.39 is 10.0 Å². The molecule has 7 heteroatoms. The number of ether oxygens (including phenoxy) is 1. The Morgan fingerprint density at radius 2 is 2.20 bits per heavy atom. The smallest absolute Gasteiger partial charge is 0.244 e. The molecule has 1 aliphatic rings. The number of sulfonamides is 1. The van der Waals surface area contributed by atoms with E-state index in [0.29, 0.717) is 18.7 Å².